The van der Waals surface area contributed by atoms with Crippen LogP contribution in [0.15, 0.2) is 0 Å². The van der Waals surface area contributed by atoms with Crippen LogP contribution in [0, 0.1) is 5.92 Å². The maximum Gasteiger partial charge on any atom is 0.244 e. The first kappa shape index (κ1) is 15.3. The molecule has 1 saturated heterocycles. The van der Waals surface area contributed by atoms with E-state index in [0.29, 0.717) is 5.92 Å². The molecular weight excluding hydrogens is 250 g/mol. The Labute approximate surface area is 122 Å². The molecule has 2 heterocycles. The Morgan fingerprint density at radius 3 is 2.95 bits per heavy atom. The van der Waals surface area contributed by atoms with Crippen LogP contribution < -0.4 is 10.6 Å². The Balaban J connectivity index is 1.76. The van der Waals surface area contributed by atoms with E-state index in [9.17, 15) is 0 Å². The number of piperidine rings is 1. The Kier molecular flexibility index (Phi) is 6.30. The van der Waals surface area contributed by atoms with Crippen LogP contribution in [0.5, 0.6) is 0 Å². The third-order valence-corrected chi connectivity index (χ3v) is 4.17. The summed E-state index contributed by atoms with van der Waals surface area (Å²) in [6.45, 7) is 5.08. The van der Waals surface area contributed by atoms with Gasteiger partial charge in [0.15, 0.2) is 0 Å². The van der Waals surface area contributed by atoms with Gasteiger partial charge in [-0.15, -0.1) is 5.10 Å². The van der Waals surface area contributed by atoms with E-state index in [2.05, 4.69) is 27.0 Å². The number of nitrogens with one attached hydrogen (secondary N) is 1. The monoisotopic (exact) mass is 279 g/mol. The highest BCUT2D eigenvalue weighted by Gasteiger charge is 2.21. The van der Waals surface area contributed by atoms with Crippen LogP contribution in [0.2, 0.25) is 0 Å². The van der Waals surface area contributed by atoms with E-state index in [4.69, 9.17) is 5.73 Å². The zero-order valence-electron chi connectivity index (χ0n) is 12.8. The van der Waals surface area contributed by atoms with Crippen molar-refractivity contribution in [3.8, 4) is 0 Å². The van der Waals surface area contributed by atoms with Crippen LogP contribution in [0.1, 0.15) is 57.7 Å². The number of hydrogen-bond acceptors (Lipinski definition) is 4. The lowest BCUT2D eigenvalue weighted by molar-refractivity contribution is 0.419. The minimum absolute atomic E-state index is 0.597. The second-order valence-corrected chi connectivity index (χ2v) is 5.94. The predicted octanol–water partition coefficient (Wildman–Crippen LogP) is 2.49. The number of hydrogen-bond donors (Lipinski definition) is 2. The standard InChI is InChI=1S/C15H29N5/c1-2-3-4-5-6-9-14-17-15(19-18-14)20-10-7-8-13(11-16)12-20/h13H,2-12,16H2,1H3,(H,17,18,19). The quantitative estimate of drug-likeness (QED) is 0.717. The van der Waals surface area contributed by atoms with Gasteiger partial charge in [0.2, 0.25) is 5.95 Å². The van der Waals surface area contributed by atoms with Gasteiger partial charge in [0, 0.05) is 19.5 Å². The highest BCUT2D eigenvalue weighted by atomic mass is 15.4. The topological polar surface area (TPSA) is 70.8 Å². The first-order valence-electron chi connectivity index (χ1n) is 8.19. The molecule has 0 amide bonds. The van der Waals surface area contributed by atoms with Crippen molar-refractivity contribution in [1.29, 1.82) is 0 Å². The molecular formula is C15H29N5. The molecule has 0 spiro atoms. The maximum absolute atomic E-state index is 5.78. The minimum atomic E-state index is 0.597. The summed E-state index contributed by atoms with van der Waals surface area (Å²) >= 11 is 0. The van der Waals surface area contributed by atoms with Gasteiger partial charge in [-0.25, -0.2) is 0 Å². The summed E-state index contributed by atoms with van der Waals surface area (Å²) in [5.74, 6) is 2.50. The van der Waals surface area contributed by atoms with Crippen molar-refractivity contribution in [3.63, 3.8) is 0 Å². The lowest BCUT2D eigenvalue weighted by atomic mass is 9.99. The number of aryl methyl sites for hydroxylation is 1. The van der Waals surface area contributed by atoms with Crippen LogP contribution in [0.3, 0.4) is 0 Å². The molecule has 0 aliphatic carbocycles. The van der Waals surface area contributed by atoms with Crippen molar-refractivity contribution >= 4 is 5.95 Å². The van der Waals surface area contributed by atoms with E-state index in [1.165, 1.54) is 44.9 Å². The fraction of sp³-hybridized carbons (Fsp3) is 0.867. The molecule has 0 radical (unpaired) electrons. The number of aromatic amines is 1. The lowest BCUT2D eigenvalue weighted by Crippen LogP contribution is -2.39. The number of unbranched alkanes of at least 4 members (excludes halogenated alkanes) is 4. The summed E-state index contributed by atoms with van der Waals surface area (Å²) in [6, 6.07) is 0. The fourth-order valence-electron chi connectivity index (χ4n) is 2.87. The zero-order chi connectivity index (χ0) is 14.2. The second-order valence-electron chi connectivity index (χ2n) is 5.94. The highest BCUT2D eigenvalue weighted by molar-refractivity contribution is 5.29. The summed E-state index contributed by atoms with van der Waals surface area (Å²) in [7, 11) is 0. The summed E-state index contributed by atoms with van der Waals surface area (Å²) in [5, 5.41) is 7.47. The number of rotatable bonds is 8. The molecule has 1 aliphatic rings. The average molecular weight is 279 g/mol. The van der Waals surface area contributed by atoms with Gasteiger partial charge in [0.1, 0.15) is 5.82 Å². The first-order valence-corrected chi connectivity index (χ1v) is 8.19. The summed E-state index contributed by atoms with van der Waals surface area (Å²) in [4.78, 5) is 6.91. The van der Waals surface area contributed by atoms with Crippen LogP contribution in [0.4, 0.5) is 5.95 Å². The van der Waals surface area contributed by atoms with E-state index >= 15 is 0 Å². The smallest absolute Gasteiger partial charge is 0.244 e. The third-order valence-electron chi connectivity index (χ3n) is 4.17. The summed E-state index contributed by atoms with van der Waals surface area (Å²) in [5.41, 5.74) is 5.78. The van der Waals surface area contributed by atoms with Gasteiger partial charge in [-0.3, -0.25) is 5.10 Å². The average Bonchev–Trinajstić information content (AvgIpc) is 2.96. The van der Waals surface area contributed by atoms with Gasteiger partial charge in [-0.1, -0.05) is 32.6 Å². The zero-order valence-corrected chi connectivity index (χ0v) is 12.8. The molecule has 2 rings (SSSR count). The number of anilines is 1. The molecule has 114 valence electrons. The van der Waals surface area contributed by atoms with Crippen molar-refractivity contribution in [3.05, 3.63) is 5.82 Å². The Morgan fingerprint density at radius 2 is 2.15 bits per heavy atom. The molecule has 1 aromatic heterocycles. The molecule has 1 atom stereocenters. The van der Waals surface area contributed by atoms with Gasteiger partial charge >= 0.3 is 0 Å². The Hall–Kier alpha value is -1.10. The fourth-order valence-corrected chi connectivity index (χ4v) is 2.87. The van der Waals surface area contributed by atoms with E-state index in [1.54, 1.807) is 0 Å². The van der Waals surface area contributed by atoms with E-state index in [0.717, 1.165) is 37.8 Å². The van der Waals surface area contributed by atoms with Crippen LogP contribution in [-0.4, -0.2) is 34.8 Å². The molecule has 1 fully saturated rings. The van der Waals surface area contributed by atoms with Crippen LogP contribution >= 0.6 is 0 Å². The predicted molar refractivity (Wildman–Crippen MR) is 82.8 cm³/mol. The Morgan fingerprint density at radius 1 is 1.30 bits per heavy atom. The molecule has 1 aliphatic heterocycles. The van der Waals surface area contributed by atoms with Crippen LogP contribution in [-0.2, 0) is 6.42 Å². The largest absolute Gasteiger partial charge is 0.339 e. The van der Waals surface area contributed by atoms with Gasteiger partial charge in [0.25, 0.3) is 0 Å². The van der Waals surface area contributed by atoms with E-state index in [1.807, 2.05) is 0 Å². The number of aromatic nitrogens is 3. The van der Waals surface area contributed by atoms with Gasteiger partial charge < -0.3 is 10.6 Å². The van der Waals surface area contributed by atoms with Crippen molar-refractivity contribution in [2.24, 2.45) is 11.7 Å². The van der Waals surface area contributed by atoms with Gasteiger partial charge in [0.05, 0.1) is 0 Å². The van der Waals surface area contributed by atoms with E-state index in [-0.39, 0.29) is 0 Å². The van der Waals surface area contributed by atoms with Gasteiger partial charge in [-0.05, 0) is 31.7 Å². The van der Waals surface area contributed by atoms with Crippen molar-refractivity contribution in [1.82, 2.24) is 15.2 Å². The molecule has 0 aromatic carbocycles. The highest BCUT2D eigenvalue weighted by Crippen LogP contribution is 2.19. The second kappa shape index (κ2) is 8.25. The first-order chi connectivity index (χ1) is 9.83. The maximum atomic E-state index is 5.78. The third kappa shape index (κ3) is 4.47. The molecule has 5 nitrogen and oxygen atoms in total. The molecule has 20 heavy (non-hydrogen) atoms. The van der Waals surface area contributed by atoms with Gasteiger partial charge in [-0.2, -0.15) is 4.98 Å². The van der Waals surface area contributed by atoms with Crippen molar-refractivity contribution in [2.45, 2.75) is 58.3 Å². The minimum Gasteiger partial charge on any atom is -0.339 e. The van der Waals surface area contributed by atoms with E-state index < -0.39 is 0 Å². The van der Waals surface area contributed by atoms with Crippen molar-refractivity contribution < 1.29 is 0 Å². The number of nitrogens with zero attached hydrogens (tertiary/aromatic N) is 3. The molecule has 5 heteroatoms. The van der Waals surface area contributed by atoms with Crippen molar-refractivity contribution in [2.75, 3.05) is 24.5 Å². The molecule has 1 aromatic rings. The lowest BCUT2D eigenvalue weighted by Gasteiger charge is -2.31. The van der Waals surface area contributed by atoms with Crippen LogP contribution in [0.25, 0.3) is 0 Å². The molecule has 0 saturated carbocycles. The SMILES string of the molecule is CCCCCCCc1nc(N2CCCC(CN)C2)n[nH]1. The summed E-state index contributed by atoms with van der Waals surface area (Å²) < 4.78 is 0. The number of nitrogens with two attached hydrogens (primary N) is 1. The normalized spacial score (nSPS) is 19.5. The molecule has 3 N–H and O–H groups in total. The summed E-state index contributed by atoms with van der Waals surface area (Å²) in [6.07, 6.45) is 9.93. The molecule has 0 bridgehead atoms. The number of H-pyrrole nitrogens is 1. The Bertz CT molecular complexity index is 376. The molecule has 1 unspecified atom stereocenters.